The molecule has 3 N–H and O–H groups in total. The van der Waals surface area contributed by atoms with E-state index in [-0.39, 0.29) is 5.91 Å². The number of fused-ring (bicyclic) bond motifs is 1. The Morgan fingerprint density at radius 1 is 1.32 bits per heavy atom. The van der Waals surface area contributed by atoms with Gasteiger partial charge in [-0.25, -0.2) is 0 Å². The van der Waals surface area contributed by atoms with E-state index >= 15 is 0 Å². The molecule has 0 bridgehead atoms. The van der Waals surface area contributed by atoms with Crippen LogP contribution in [-0.2, 0) is 12.8 Å². The third-order valence-corrected chi connectivity index (χ3v) is 5.44. The first kappa shape index (κ1) is 15.1. The molecule has 4 nitrogen and oxygen atoms in total. The Morgan fingerprint density at radius 3 is 2.77 bits per heavy atom. The smallest absolute Gasteiger partial charge is 0.256 e. The van der Waals surface area contributed by atoms with Crippen LogP contribution in [0, 0.1) is 6.92 Å². The number of hydrogen-bond acceptors (Lipinski definition) is 3. The van der Waals surface area contributed by atoms with E-state index in [0.717, 1.165) is 35.3 Å². The standard InChI is InChI=1S/C16H15ClN2O2S/c1-8-5-6-9(7-11(8)17)15(21)19-16-13(14(18)20)10-3-2-4-12(10)22-16/h5-7H,2-4H2,1H3,(H2,18,20)(H,19,21). The highest BCUT2D eigenvalue weighted by molar-refractivity contribution is 7.17. The third-order valence-electron chi connectivity index (χ3n) is 3.83. The molecule has 22 heavy (non-hydrogen) atoms. The molecule has 3 rings (SSSR count). The van der Waals surface area contributed by atoms with Crippen molar-refractivity contribution in [1.29, 1.82) is 0 Å². The monoisotopic (exact) mass is 334 g/mol. The Morgan fingerprint density at radius 2 is 2.09 bits per heavy atom. The van der Waals surface area contributed by atoms with Gasteiger partial charge in [-0.3, -0.25) is 9.59 Å². The van der Waals surface area contributed by atoms with Gasteiger partial charge in [0.15, 0.2) is 0 Å². The first-order valence-electron chi connectivity index (χ1n) is 6.99. The second-order valence-corrected chi connectivity index (χ2v) is 6.86. The van der Waals surface area contributed by atoms with Gasteiger partial charge in [-0.1, -0.05) is 17.7 Å². The number of nitrogens with two attached hydrogens (primary N) is 1. The van der Waals surface area contributed by atoms with Gasteiger partial charge in [-0.05, 0) is 49.4 Å². The number of nitrogens with one attached hydrogen (secondary N) is 1. The number of carbonyl (C=O) groups is 2. The number of rotatable bonds is 3. The summed E-state index contributed by atoms with van der Waals surface area (Å²) in [5.74, 6) is -0.777. The SMILES string of the molecule is Cc1ccc(C(=O)Nc2sc3c(c2C(N)=O)CCC3)cc1Cl. The molecule has 114 valence electrons. The zero-order chi connectivity index (χ0) is 15.9. The average molecular weight is 335 g/mol. The summed E-state index contributed by atoms with van der Waals surface area (Å²) in [6.45, 7) is 1.87. The van der Waals surface area contributed by atoms with Crippen molar-refractivity contribution in [3.63, 3.8) is 0 Å². The largest absolute Gasteiger partial charge is 0.365 e. The first-order valence-corrected chi connectivity index (χ1v) is 8.18. The van der Waals surface area contributed by atoms with Gasteiger partial charge in [0, 0.05) is 15.5 Å². The van der Waals surface area contributed by atoms with E-state index in [4.69, 9.17) is 17.3 Å². The van der Waals surface area contributed by atoms with Crippen LogP contribution >= 0.6 is 22.9 Å². The highest BCUT2D eigenvalue weighted by Gasteiger charge is 2.26. The highest BCUT2D eigenvalue weighted by Crippen LogP contribution is 2.39. The molecule has 0 spiro atoms. The fourth-order valence-electron chi connectivity index (χ4n) is 2.66. The molecule has 1 aliphatic carbocycles. The maximum atomic E-state index is 12.4. The molecule has 1 aliphatic rings. The maximum Gasteiger partial charge on any atom is 0.256 e. The minimum Gasteiger partial charge on any atom is -0.365 e. The highest BCUT2D eigenvalue weighted by atomic mass is 35.5. The van der Waals surface area contributed by atoms with E-state index in [9.17, 15) is 9.59 Å². The molecule has 1 aromatic carbocycles. The summed E-state index contributed by atoms with van der Waals surface area (Å²) in [5, 5.41) is 3.88. The minimum absolute atomic E-state index is 0.288. The third kappa shape index (κ3) is 2.62. The van der Waals surface area contributed by atoms with Crippen molar-refractivity contribution < 1.29 is 9.59 Å². The Bertz CT molecular complexity index is 783. The number of halogens is 1. The van der Waals surface area contributed by atoms with Crippen molar-refractivity contribution >= 4 is 39.8 Å². The summed E-state index contributed by atoms with van der Waals surface area (Å²) >= 11 is 7.49. The maximum absolute atomic E-state index is 12.4. The molecule has 0 aliphatic heterocycles. The van der Waals surface area contributed by atoms with Gasteiger partial charge in [0.05, 0.1) is 5.56 Å². The number of carbonyl (C=O) groups excluding carboxylic acids is 2. The van der Waals surface area contributed by atoms with Gasteiger partial charge in [0.1, 0.15) is 5.00 Å². The second-order valence-electron chi connectivity index (χ2n) is 5.34. The lowest BCUT2D eigenvalue weighted by Crippen LogP contribution is -2.17. The van der Waals surface area contributed by atoms with E-state index in [1.54, 1.807) is 18.2 Å². The van der Waals surface area contributed by atoms with Crippen molar-refractivity contribution in [2.24, 2.45) is 5.73 Å². The van der Waals surface area contributed by atoms with Crippen LogP contribution in [0.3, 0.4) is 0 Å². The number of hydrogen-bond donors (Lipinski definition) is 2. The number of amides is 2. The Labute approximate surface area is 137 Å². The Hall–Kier alpha value is -1.85. The summed E-state index contributed by atoms with van der Waals surface area (Å²) in [6.07, 6.45) is 2.81. The van der Waals surface area contributed by atoms with Crippen LogP contribution in [0.15, 0.2) is 18.2 Å². The van der Waals surface area contributed by atoms with E-state index in [1.165, 1.54) is 11.3 Å². The van der Waals surface area contributed by atoms with Crippen LogP contribution in [0.1, 0.15) is 43.1 Å². The van der Waals surface area contributed by atoms with Crippen molar-refractivity contribution in [2.45, 2.75) is 26.2 Å². The predicted molar refractivity (Wildman–Crippen MR) is 89.0 cm³/mol. The van der Waals surface area contributed by atoms with E-state index < -0.39 is 5.91 Å². The number of primary amides is 1. The van der Waals surface area contributed by atoms with E-state index in [1.807, 2.05) is 6.92 Å². The van der Waals surface area contributed by atoms with E-state index in [0.29, 0.717) is 21.2 Å². The van der Waals surface area contributed by atoms with E-state index in [2.05, 4.69) is 5.32 Å². The van der Waals surface area contributed by atoms with Crippen LogP contribution < -0.4 is 11.1 Å². The minimum atomic E-state index is -0.489. The number of thiophene rings is 1. The van der Waals surface area contributed by atoms with Gasteiger partial charge in [0.25, 0.3) is 11.8 Å². The molecule has 1 aromatic heterocycles. The van der Waals surface area contributed by atoms with Crippen molar-refractivity contribution in [1.82, 2.24) is 0 Å². The van der Waals surface area contributed by atoms with Gasteiger partial charge >= 0.3 is 0 Å². The molecule has 0 atom stereocenters. The van der Waals surface area contributed by atoms with Crippen LogP contribution in [0.4, 0.5) is 5.00 Å². The molecule has 2 amide bonds. The van der Waals surface area contributed by atoms with Crippen LogP contribution in [0.5, 0.6) is 0 Å². The van der Waals surface area contributed by atoms with Gasteiger partial charge in [-0.15, -0.1) is 11.3 Å². The van der Waals surface area contributed by atoms with Crippen LogP contribution in [0.25, 0.3) is 0 Å². The van der Waals surface area contributed by atoms with Gasteiger partial charge < -0.3 is 11.1 Å². The normalized spacial score (nSPS) is 13.0. The van der Waals surface area contributed by atoms with Crippen molar-refractivity contribution in [3.05, 3.63) is 50.4 Å². The molecule has 2 aromatic rings. The fourth-order valence-corrected chi connectivity index (χ4v) is 4.13. The molecular formula is C16H15ClN2O2S. The summed E-state index contributed by atoms with van der Waals surface area (Å²) in [7, 11) is 0. The lowest BCUT2D eigenvalue weighted by atomic mass is 10.1. The van der Waals surface area contributed by atoms with Gasteiger partial charge in [-0.2, -0.15) is 0 Å². The molecule has 0 radical (unpaired) electrons. The molecular weight excluding hydrogens is 320 g/mol. The molecule has 1 heterocycles. The lowest BCUT2D eigenvalue weighted by Gasteiger charge is -2.07. The van der Waals surface area contributed by atoms with Crippen LogP contribution in [-0.4, -0.2) is 11.8 Å². The Kier molecular flexibility index (Phi) is 3.93. The molecule has 6 heteroatoms. The first-order chi connectivity index (χ1) is 10.5. The van der Waals surface area contributed by atoms with Crippen molar-refractivity contribution in [2.75, 3.05) is 5.32 Å². The quantitative estimate of drug-likeness (QED) is 0.901. The number of anilines is 1. The number of benzene rings is 1. The number of aryl methyl sites for hydroxylation is 2. The topological polar surface area (TPSA) is 72.2 Å². The fraction of sp³-hybridized carbons (Fsp3) is 0.250. The summed E-state index contributed by atoms with van der Waals surface area (Å²) in [6, 6.07) is 5.12. The zero-order valence-electron chi connectivity index (χ0n) is 12.0. The molecule has 0 saturated carbocycles. The molecule has 0 unspecified atom stereocenters. The Balaban J connectivity index is 1.91. The van der Waals surface area contributed by atoms with Gasteiger partial charge in [0.2, 0.25) is 0 Å². The zero-order valence-corrected chi connectivity index (χ0v) is 13.6. The second kappa shape index (κ2) is 5.74. The molecule has 0 saturated heterocycles. The summed E-state index contributed by atoms with van der Waals surface area (Å²) < 4.78 is 0. The van der Waals surface area contributed by atoms with Crippen molar-refractivity contribution in [3.8, 4) is 0 Å². The summed E-state index contributed by atoms with van der Waals surface area (Å²) in [5.41, 5.74) is 8.31. The lowest BCUT2D eigenvalue weighted by molar-refractivity contribution is 0.100. The van der Waals surface area contributed by atoms with Crippen LogP contribution in [0.2, 0.25) is 5.02 Å². The predicted octanol–water partition coefficient (Wildman–Crippen LogP) is 3.55. The summed E-state index contributed by atoms with van der Waals surface area (Å²) in [4.78, 5) is 25.2. The molecule has 0 fully saturated rings. The average Bonchev–Trinajstić information content (AvgIpc) is 3.01.